The number of hydrogen-bond acceptors (Lipinski definition) is 2. The molecule has 0 spiro atoms. The van der Waals surface area contributed by atoms with E-state index >= 15 is 0 Å². The van der Waals surface area contributed by atoms with E-state index in [0.29, 0.717) is 6.42 Å². The van der Waals surface area contributed by atoms with Gasteiger partial charge in [0.15, 0.2) is 0 Å². The predicted octanol–water partition coefficient (Wildman–Crippen LogP) is 5.85. The number of nitrogens with zero attached hydrogens (tertiary/aromatic N) is 2. The Morgan fingerprint density at radius 1 is 0.821 bits per heavy atom. The molecule has 0 aliphatic heterocycles. The van der Waals surface area contributed by atoms with Crippen molar-refractivity contribution in [1.82, 2.24) is 4.98 Å². The summed E-state index contributed by atoms with van der Waals surface area (Å²) in [6.45, 7) is 0. The molecule has 134 valence electrons. The van der Waals surface area contributed by atoms with Crippen molar-refractivity contribution in [2.75, 3.05) is 0 Å². The highest BCUT2D eigenvalue weighted by atomic mass is 14.7. The van der Waals surface area contributed by atoms with Crippen molar-refractivity contribution in [1.29, 1.82) is 5.26 Å². The molecular weight excluding hydrogens is 340 g/mol. The van der Waals surface area contributed by atoms with Gasteiger partial charge in [0.05, 0.1) is 17.0 Å². The van der Waals surface area contributed by atoms with E-state index in [1.807, 2.05) is 30.3 Å². The number of nitriles is 1. The fourth-order valence-electron chi connectivity index (χ4n) is 4.52. The minimum atomic E-state index is -0.498. The molecule has 1 aliphatic carbocycles. The summed E-state index contributed by atoms with van der Waals surface area (Å²) < 4.78 is 0. The van der Waals surface area contributed by atoms with Crippen LogP contribution in [0.5, 0.6) is 0 Å². The third-order valence-electron chi connectivity index (χ3n) is 5.95. The Bertz CT molecular complexity index is 1190. The highest BCUT2D eigenvalue weighted by molar-refractivity contribution is 5.96. The van der Waals surface area contributed by atoms with Gasteiger partial charge in [0.2, 0.25) is 0 Å². The van der Waals surface area contributed by atoms with Crippen LogP contribution in [0.25, 0.3) is 22.0 Å². The Kier molecular flexibility index (Phi) is 3.95. The number of para-hydroxylation sites is 1. The molecule has 1 atom stereocenters. The van der Waals surface area contributed by atoms with Gasteiger partial charge < -0.3 is 0 Å². The third kappa shape index (κ3) is 2.60. The van der Waals surface area contributed by atoms with Crippen LogP contribution in [-0.2, 0) is 18.3 Å². The van der Waals surface area contributed by atoms with Crippen LogP contribution in [0.15, 0.2) is 84.9 Å². The maximum atomic E-state index is 10.2. The summed E-state index contributed by atoms with van der Waals surface area (Å²) in [5, 5.41) is 11.4. The molecule has 0 amide bonds. The van der Waals surface area contributed by atoms with E-state index in [0.717, 1.165) is 35.0 Å². The summed E-state index contributed by atoms with van der Waals surface area (Å²) in [6, 6.07) is 31.8. The second kappa shape index (κ2) is 6.62. The van der Waals surface area contributed by atoms with Crippen molar-refractivity contribution >= 4 is 10.9 Å². The molecule has 0 bridgehead atoms. The molecule has 0 N–H and O–H groups in total. The third-order valence-corrected chi connectivity index (χ3v) is 5.95. The average Bonchev–Trinajstić information content (AvgIpc) is 2.78. The van der Waals surface area contributed by atoms with Gasteiger partial charge in [0, 0.05) is 11.1 Å². The zero-order valence-electron chi connectivity index (χ0n) is 15.6. The van der Waals surface area contributed by atoms with Gasteiger partial charge in [-0.25, -0.2) is 0 Å². The number of benzene rings is 3. The van der Waals surface area contributed by atoms with Gasteiger partial charge >= 0.3 is 0 Å². The molecule has 1 aromatic heterocycles. The van der Waals surface area contributed by atoms with Crippen molar-refractivity contribution in [2.45, 2.75) is 24.7 Å². The van der Waals surface area contributed by atoms with Crippen molar-refractivity contribution in [3.05, 3.63) is 102 Å². The Morgan fingerprint density at radius 2 is 1.50 bits per heavy atom. The molecule has 1 aliphatic rings. The standard InChI is InChI=1S/C26H20N2/c27-18-26(20-11-5-2-6-12-20)16-15-24-22(17-26)25(19-9-3-1-4-10-19)21-13-7-8-14-23(21)28-24/h1-14H,15-17H2/t26-/m1/s1. The summed E-state index contributed by atoms with van der Waals surface area (Å²) in [7, 11) is 0. The fraction of sp³-hybridized carbons (Fsp3) is 0.154. The molecule has 2 nitrogen and oxygen atoms in total. The van der Waals surface area contributed by atoms with Gasteiger partial charge in [-0.05, 0) is 47.6 Å². The first kappa shape index (κ1) is 16.7. The van der Waals surface area contributed by atoms with E-state index in [-0.39, 0.29) is 0 Å². The van der Waals surface area contributed by atoms with Gasteiger partial charge in [-0.15, -0.1) is 0 Å². The minimum Gasteiger partial charge on any atom is -0.253 e. The highest BCUT2D eigenvalue weighted by Crippen LogP contribution is 2.43. The molecule has 0 saturated heterocycles. The Balaban J connectivity index is 1.78. The topological polar surface area (TPSA) is 36.7 Å². The van der Waals surface area contributed by atoms with E-state index < -0.39 is 5.41 Å². The van der Waals surface area contributed by atoms with Crippen LogP contribution in [0.1, 0.15) is 23.2 Å². The van der Waals surface area contributed by atoms with Crippen LogP contribution in [0, 0.1) is 11.3 Å². The number of aryl methyl sites for hydroxylation is 1. The summed E-state index contributed by atoms with van der Waals surface area (Å²) in [4.78, 5) is 4.99. The number of pyridine rings is 1. The van der Waals surface area contributed by atoms with Gasteiger partial charge in [0.25, 0.3) is 0 Å². The lowest BCUT2D eigenvalue weighted by Crippen LogP contribution is -2.32. The molecule has 0 fully saturated rings. The second-order valence-corrected chi connectivity index (χ2v) is 7.53. The van der Waals surface area contributed by atoms with E-state index in [2.05, 4.69) is 60.7 Å². The van der Waals surface area contributed by atoms with Crippen LogP contribution in [0.2, 0.25) is 0 Å². The fourth-order valence-corrected chi connectivity index (χ4v) is 4.52. The van der Waals surface area contributed by atoms with Crippen LogP contribution in [0.4, 0.5) is 0 Å². The molecule has 2 heteroatoms. The van der Waals surface area contributed by atoms with E-state index in [1.165, 1.54) is 16.7 Å². The first-order chi connectivity index (χ1) is 13.8. The molecule has 4 aromatic rings. The normalized spacial score (nSPS) is 18.4. The van der Waals surface area contributed by atoms with E-state index in [4.69, 9.17) is 4.98 Å². The maximum Gasteiger partial charge on any atom is 0.0867 e. The maximum absolute atomic E-state index is 10.2. The van der Waals surface area contributed by atoms with Crippen molar-refractivity contribution < 1.29 is 0 Å². The first-order valence-electron chi connectivity index (χ1n) is 9.73. The van der Waals surface area contributed by atoms with Gasteiger partial charge in [0.1, 0.15) is 0 Å². The SMILES string of the molecule is N#C[C@@]1(c2ccccc2)CCc2nc3ccccc3c(-c3ccccc3)c2C1. The quantitative estimate of drug-likeness (QED) is 0.449. The van der Waals surface area contributed by atoms with Crippen LogP contribution in [-0.4, -0.2) is 4.98 Å². The Hall–Kier alpha value is -3.44. The van der Waals surface area contributed by atoms with Crippen molar-refractivity contribution in [3.8, 4) is 17.2 Å². The predicted molar refractivity (Wildman–Crippen MR) is 113 cm³/mol. The Morgan fingerprint density at radius 3 is 2.25 bits per heavy atom. The number of aromatic nitrogens is 1. The van der Waals surface area contributed by atoms with Gasteiger partial charge in [-0.2, -0.15) is 5.26 Å². The molecule has 0 radical (unpaired) electrons. The molecular formula is C26H20N2. The Labute approximate surface area is 165 Å². The summed E-state index contributed by atoms with van der Waals surface area (Å²) in [5.41, 5.74) is 6.43. The van der Waals surface area contributed by atoms with Crippen molar-refractivity contribution in [2.24, 2.45) is 0 Å². The molecule has 1 heterocycles. The highest BCUT2D eigenvalue weighted by Gasteiger charge is 2.38. The lowest BCUT2D eigenvalue weighted by molar-refractivity contribution is 0.468. The largest absolute Gasteiger partial charge is 0.253 e. The summed E-state index contributed by atoms with van der Waals surface area (Å²) in [5.74, 6) is 0. The minimum absolute atomic E-state index is 0.498. The van der Waals surface area contributed by atoms with Crippen molar-refractivity contribution in [3.63, 3.8) is 0 Å². The molecule has 0 saturated carbocycles. The molecule has 5 rings (SSSR count). The number of hydrogen-bond donors (Lipinski definition) is 0. The van der Waals surface area contributed by atoms with Gasteiger partial charge in [-0.3, -0.25) is 4.98 Å². The molecule has 28 heavy (non-hydrogen) atoms. The zero-order valence-corrected chi connectivity index (χ0v) is 15.6. The van der Waals surface area contributed by atoms with Crippen LogP contribution < -0.4 is 0 Å². The van der Waals surface area contributed by atoms with E-state index in [1.54, 1.807) is 0 Å². The molecule has 3 aromatic carbocycles. The monoisotopic (exact) mass is 360 g/mol. The number of rotatable bonds is 2. The smallest absolute Gasteiger partial charge is 0.0867 e. The van der Waals surface area contributed by atoms with Gasteiger partial charge in [-0.1, -0.05) is 78.9 Å². The lowest BCUT2D eigenvalue weighted by atomic mass is 9.68. The first-order valence-corrected chi connectivity index (χ1v) is 9.73. The summed E-state index contributed by atoms with van der Waals surface area (Å²) in [6.07, 6.45) is 2.33. The summed E-state index contributed by atoms with van der Waals surface area (Å²) >= 11 is 0. The zero-order chi connectivity index (χ0) is 19.0. The lowest BCUT2D eigenvalue weighted by Gasteiger charge is -2.34. The molecule has 0 unspecified atom stereocenters. The average molecular weight is 360 g/mol. The van der Waals surface area contributed by atoms with E-state index in [9.17, 15) is 5.26 Å². The second-order valence-electron chi connectivity index (χ2n) is 7.53. The van der Waals surface area contributed by atoms with Crippen LogP contribution >= 0.6 is 0 Å². The van der Waals surface area contributed by atoms with Crippen LogP contribution in [0.3, 0.4) is 0 Å². The number of fused-ring (bicyclic) bond motifs is 2.